The van der Waals surface area contributed by atoms with Gasteiger partial charge in [0.25, 0.3) is 0 Å². The Hall–Kier alpha value is -1.71. The quantitative estimate of drug-likeness (QED) is 0.377. The van der Waals surface area contributed by atoms with E-state index < -0.39 is 5.92 Å². The molecule has 0 radical (unpaired) electrons. The number of amides is 1. The molecule has 1 amide bonds. The van der Waals surface area contributed by atoms with Crippen LogP contribution in [0.3, 0.4) is 0 Å². The molecule has 0 heterocycles. The minimum absolute atomic E-state index is 0.0269. The van der Waals surface area contributed by atoms with Crippen molar-refractivity contribution in [3.05, 3.63) is 23.8 Å². The average molecular weight is 333 g/mol. The molecule has 0 spiro atoms. The first-order valence-corrected chi connectivity index (χ1v) is 9.04. The lowest BCUT2D eigenvalue weighted by molar-refractivity contribution is -0.125. The summed E-state index contributed by atoms with van der Waals surface area (Å²) in [6.07, 6.45) is 11.1. The molecule has 134 valence electrons. The first-order valence-electron chi connectivity index (χ1n) is 9.04. The van der Waals surface area contributed by atoms with Crippen LogP contribution in [0.25, 0.3) is 0 Å². The van der Waals surface area contributed by atoms with Crippen LogP contribution in [0.15, 0.2) is 23.8 Å². The van der Waals surface area contributed by atoms with Crippen molar-refractivity contribution in [1.29, 1.82) is 0 Å². The summed E-state index contributed by atoms with van der Waals surface area (Å²) in [7, 11) is 0. The van der Waals surface area contributed by atoms with Gasteiger partial charge < -0.3 is 10.1 Å². The van der Waals surface area contributed by atoms with E-state index in [1.165, 1.54) is 12.8 Å². The second kappa shape index (κ2) is 11.0. The Morgan fingerprint density at radius 1 is 1.33 bits per heavy atom. The van der Waals surface area contributed by atoms with Crippen molar-refractivity contribution in [2.45, 2.75) is 59.3 Å². The summed E-state index contributed by atoms with van der Waals surface area (Å²) < 4.78 is 0. The van der Waals surface area contributed by atoms with E-state index in [1.54, 1.807) is 12.2 Å². The highest BCUT2D eigenvalue weighted by Crippen LogP contribution is 2.17. The fraction of sp³-hybridized carbons (Fsp3) is 0.650. The van der Waals surface area contributed by atoms with E-state index in [2.05, 4.69) is 26.1 Å². The average Bonchev–Trinajstić information content (AvgIpc) is 2.70. The summed E-state index contributed by atoms with van der Waals surface area (Å²) in [6.45, 7) is 7.12. The van der Waals surface area contributed by atoms with Crippen LogP contribution >= 0.6 is 0 Å². The first kappa shape index (κ1) is 20.3. The Bertz CT molecular complexity index is 491. The van der Waals surface area contributed by atoms with Crippen molar-refractivity contribution in [3.63, 3.8) is 0 Å². The van der Waals surface area contributed by atoms with Crippen LogP contribution < -0.4 is 5.32 Å². The number of allylic oxidation sites excluding steroid dienone is 2. The molecule has 1 rings (SSSR count). The number of ketones is 1. The van der Waals surface area contributed by atoms with Gasteiger partial charge in [-0.1, -0.05) is 51.8 Å². The van der Waals surface area contributed by atoms with Crippen molar-refractivity contribution in [3.8, 4) is 0 Å². The third-order valence-corrected chi connectivity index (χ3v) is 4.28. The highest BCUT2D eigenvalue weighted by Gasteiger charge is 2.16. The molecular formula is C20H31NO3. The lowest BCUT2D eigenvalue weighted by Gasteiger charge is -2.13. The van der Waals surface area contributed by atoms with Gasteiger partial charge >= 0.3 is 0 Å². The number of nitrogens with one attached hydrogen (secondary N) is 1. The van der Waals surface area contributed by atoms with Gasteiger partial charge in [0.2, 0.25) is 5.91 Å². The van der Waals surface area contributed by atoms with E-state index in [1.807, 2.05) is 6.08 Å². The molecule has 2 atom stereocenters. The Kier molecular flexibility index (Phi) is 9.28. The second-order valence-corrected chi connectivity index (χ2v) is 7.23. The zero-order valence-corrected chi connectivity index (χ0v) is 15.2. The number of carbonyl (C=O) groups is 3. The number of unbranched alkanes of at least 4 members (excludes halogenated alkanes) is 1. The van der Waals surface area contributed by atoms with Crippen molar-refractivity contribution < 1.29 is 14.4 Å². The molecule has 0 saturated carbocycles. The van der Waals surface area contributed by atoms with Gasteiger partial charge in [-0.15, -0.1) is 0 Å². The summed E-state index contributed by atoms with van der Waals surface area (Å²) in [5, 5.41) is 2.87. The molecule has 1 N–H and O–H groups in total. The number of hydrogen-bond acceptors (Lipinski definition) is 3. The van der Waals surface area contributed by atoms with Gasteiger partial charge in [-0.25, -0.2) is 0 Å². The summed E-state index contributed by atoms with van der Waals surface area (Å²) in [5.41, 5.74) is 0.817. The van der Waals surface area contributed by atoms with Gasteiger partial charge in [-0.2, -0.15) is 0 Å². The molecule has 0 bridgehead atoms. The third kappa shape index (κ3) is 8.23. The number of Topliss-reactive ketones (excluding diaryl/α,β-unsaturated/α-hetero) is 1. The highest BCUT2D eigenvalue weighted by molar-refractivity contribution is 5.96. The molecule has 0 aromatic carbocycles. The molecule has 0 aliphatic heterocycles. The molecule has 0 fully saturated rings. The zero-order valence-electron chi connectivity index (χ0n) is 15.2. The largest absolute Gasteiger partial charge is 0.352 e. The van der Waals surface area contributed by atoms with E-state index in [-0.39, 0.29) is 18.1 Å². The predicted octanol–water partition coefficient (Wildman–Crippen LogP) is 3.62. The van der Waals surface area contributed by atoms with Crippen molar-refractivity contribution in [2.75, 3.05) is 6.54 Å². The van der Waals surface area contributed by atoms with Gasteiger partial charge in [-0.3, -0.25) is 9.59 Å². The summed E-state index contributed by atoms with van der Waals surface area (Å²) in [6, 6.07) is 0. The summed E-state index contributed by atoms with van der Waals surface area (Å²) in [4.78, 5) is 34.4. The molecular weight excluding hydrogens is 302 g/mol. The molecule has 1 aliphatic rings. The molecule has 2 unspecified atom stereocenters. The van der Waals surface area contributed by atoms with Gasteiger partial charge in [0.1, 0.15) is 6.29 Å². The van der Waals surface area contributed by atoms with E-state index in [9.17, 15) is 14.4 Å². The summed E-state index contributed by atoms with van der Waals surface area (Å²) in [5.74, 6) is 0.685. The Morgan fingerprint density at radius 2 is 2.08 bits per heavy atom. The zero-order chi connectivity index (χ0) is 17.9. The maximum absolute atomic E-state index is 11.9. The van der Waals surface area contributed by atoms with E-state index in [0.29, 0.717) is 25.2 Å². The van der Waals surface area contributed by atoms with Gasteiger partial charge in [-0.05, 0) is 30.3 Å². The molecule has 0 aromatic heterocycles. The fourth-order valence-electron chi connectivity index (χ4n) is 3.06. The first-order chi connectivity index (χ1) is 11.4. The summed E-state index contributed by atoms with van der Waals surface area (Å²) >= 11 is 0. The van der Waals surface area contributed by atoms with Gasteiger partial charge in [0, 0.05) is 19.4 Å². The maximum atomic E-state index is 11.9. The predicted molar refractivity (Wildman–Crippen MR) is 96.5 cm³/mol. The normalized spacial score (nSPS) is 18.9. The second-order valence-electron chi connectivity index (χ2n) is 7.23. The molecule has 0 aromatic rings. The minimum atomic E-state index is -0.686. The van der Waals surface area contributed by atoms with Crippen LogP contribution in [0.2, 0.25) is 0 Å². The monoisotopic (exact) mass is 333 g/mol. The van der Waals surface area contributed by atoms with Crippen LogP contribution in [0.5, 0.6) is 0 Å². The van der Waals surface area contributed by atoms with Crippen LogP contribution in [-0.2, 0) is 14.4 Å². The molecule has 4 heteroatoms. The minimum Gasteiger partial charge on any atom is -0.352 e. The number of carbonyl (C=O) groups excluding carboxylic acids is 3. The van der Waals surface area contributed by atoms with Crippen molar-refractivity contribution in [2.24, 2.45) is 17.8 Å². The van der Waals surface area contributed by atoms with E-state index in [4.69, 9.17) is 0 Å². The number of aldehydes is 1. The van der Waals surface area contributed by atoms with Crippen LogP contribution in [-0.4, -0.2) is 24.5 Å². The standard InChI is InChI=1S/C20H31NO3/c1-15(2)11-16(3)7-4-5-10-20(24)21-13-17-8-6-9-19(23)18(12-17)14-22/h6,8,12,14-16,18H,4-5,7,9-11,13H2,1-3H3,(H,21,24). The fourth-order valence-corrected chi connectivity index (χ4v) is 3.06. The van der Waals surface area contributed by atoms with E-state index in [0.717, 1.165) is 24.3 Å². The lowest BCUT2D eigenvalue weighted by atomic mass is 9.94. The SMILES string of the molecule is CC(C)CC(C)CCCCC(=O)NCC1=CC(C=O)C(=O)CC=C1. The Labute approximate surface area is 145 Å². The lowest BCUT2D eigenvalue weighted by Crippen LogP contribution is -2.25. The van der Waals surface area contributed by atoms with Crippen LogP contribution in [0.4, 0.5) is 0 Å². The smallest absolute Gasteiger partial charge is 0.220 e. The third-order valence-electron chi connectivity index (χ3n) is 4.28. The molecule has 24 heavy (non-hydrogen) atoms. The maximum Gasteiger partial charge on any atom is 0.220 e. The molecule has 4 nitrogen and oxygen atoms in total. The van der Waals surface area contributed by atoms with Crippen LogP contribution in [0.1, 0.15) is 59.3 Å². The van der Waals surface area contributed by atoms with Gasteiger partial charge in [0.05, 0.1) is 5.92 Å². The highest BCUT2D eigenvalue weighted by atomic mass is 16.2. The number of rotatable bonds is 10. The molecule has 1 aliphatic carbocycles. The number of hydrogen-bond donors (Lipinski definition) is 1. The molecule has 0 saturated heterocycles. The van der Waals surface area contributed by atoms with E-state index >= 15 is 0 Å². The Morgan fingerprint density at radius 3 is 2.75 bits per heavy atom. The van der Waals surface area contributed by atoms with Crippen LogP contribution in [0, 0.1) is 17.8 Å². The van der Waals surface area contributed by atoms with Gasteiger partial charge in [0.15, 0.2) is 5.78 Å². The van der Waals surface area contributed by atoms with Crippen molar-refractivity contribution in [1.82, 2.24) is 5.32 Å². The Balaban J connectivity index is 2.26. The topological polar surface area (TPSA) is 63.2 Å². The van der Waals surface area contributed by atoms with Crippen molar-refractivity contribution >= 4 is 18.0 Å².